The van der Waals surface area contributed by atoms with Crippen molar-refractivity contribution in [1.82, 2.24) is 10.2 Å². The predicted molar refractivity (Wildman–Crippen MR) is 89.5 cm³/mol. The molecule has 21 heavy (non-hydrogen) atoms. The van der Waals surface area contributed by atoms with Gasteiger partial charge in [-0.1, -0.05) is 20.8 Å². The van der Waals surface area contributed by atoms with Crippen molar-refractivity contribution in [2.45, 2.75) is 77.3 Å². The molecule has 0 aromatic heterocycles. The van der Waals surface area contributed by atoms with Crippen LogP contribution in [0.5, 0.6) is 0 Å². The van der Waals surface area contributed by atoms with Crippen LogP contribution in [0.2, 0.25) is 0 Å². The second kappa shape index (κ2) is 7.94. The summed E-state index contributed by atoms with van der Waals surface area (Å²) in [4.78, 5) is 2.73. The molecule has 0 amide bonds. The second-order valence-electron chi connectivity index (χ2n) is 7.73. The van der Waals surface area contributed by atoms with E-state index in [0.717, 1.165) is 37.6 Å². The Morgan fingerprint density at radius 1 is 1.24 bits per heavy atom. The summed E-state index contributed by atoms with van der Waals surface area (Å²) in [5, 5.41) is 13.5. The van der Waals surface area contributed by atoms with Crippen LogP contribution in [0.1, 0.15) is 65.7 Å². The predicted octanol–water partition coefficient (Wildman–Crippen LogP) is 3.03. The van der Waals surface area contributed by atoms with E-state index in [1.165, 1.54) is 38.8 Å². The molecule has 1 saturated heterocycles. The Bertz CT molecular complexity index is 308. The minimum atomic E-state index is 0.00440. The van der Waals surface area contributed by atoms with Gasteiger partial charge >= 0.3 is 0 Å². The Morgan fingerprint density at radius 2 is 2.05 bits per heavy atom. The zero-order valence-electron chi connectivity index (χ0n) is 14.4. The minimum Gasteiger partial charge on any atom is -0.394 e. The van der Waals surface area contributed by atoms with Crippen LogP contribution in [0.3, 0.4) is 0 Å². The summed E-state index contributed by atoms with van der Waals surface area (Å²) >= 11 is 0. The summed E-state index contributed by atoms with van der Waals surface area (Å²) in [6.07, 6.45) is 8.79. The normalized spacial score (nSPS) is 35.3. The number of nitrogens with one attached hydrogen (secondary N) is 1. The summed E-state index contributed by atoms with van der Waals surface area (Å²) in [5.74, 6) is 1.74. The topological polar surface area (TPSA) is 35.5 Å². The first-order chi connectivity index (χ1) is 10.1. The van der Waals surface area contributed by atoms with Crippen LogP contribution in [0, 0.1) is 11.8 Å². The first-order valence-electron chi connectivity index (χ1n) is 9.20. The number of likely N-dealkylation sites (tertiary alicyclic amines) is 1. The van der Waals surface area contributed by atoms with E-state index >= 15 is 0 Å². The van der Waals surface area contributed by atoms with E-state index in [2.05, 4.69) is 31.0 Å². The molecule has 1 aliphatic heterocycles. The standard InChI is InChI=1S/C18H36N2O/c1-4-10-19-18(14-21)9-7-17(13-18)20-11-5-6-16(8-12-20)15(2)3/h15-17,19,21H,4-14H2,1-3H3. The first-order valence-corrected chi connectivity index (χ1v) is 9.20. The highest BCUT2D eigenvalue weighted by molar-refractivity contribution is 4.99. The van der Waals surface area contributed by atoms with Gasteiger partial charge in [0.2, 0.25) is 0 Å². The van der Waals surface area contributed by atoms with Crippen LogP contribution < -0.4 is 5.32 Å². The van der Waals surface area contributed by atoms with Crippen LogP contribution in [-0.4, -0.2) is 47.8 Å². The van der Waals surface area contributed by atoms with Crippen LogP contribution in [-0.2, 0) is 0 Å². The summed E-state index contributed by atoms with van der Waals surface area (Å²) in [6.45, 7) is 10.8. The van der Waals surface area contributed by atoms with Gasteiger partial charge in [0, 0.05) is 11.6 Å². The molecule has 0 spiro atoms. The third-order valence-electron chi connectivity index (χ3n) is 5.90. The van der Waals surface area contributed by atoms with Crippen molar-refractivity contribution < 1.29 is 5.11 Å². The smallest absolute Gasteiger partial charge is 0.0613 e. The van der Waals surface area contributed by atoms with Gasteiger partial charge in [-0.05, 0) is 76.4 Å². The minimum absolute atomic E-state index is 0.00440. The summed E-state index contributed by atoms with van der Waals surface area (Å²) in [5.41, 5.74) is 0.00440. The van der Waals surface area contributed by atoms with E-state index < -0.39 is 0 Å². The molecule has 2 fully saturated rings. The van der Waals surface area contributed by atoms with E-state index in [4.69, 9.17) is 0 Å². The molecule has 1 heterocycles. The van der Waals surface area contributed by atoms with Gasteiger partial charge in [0.25, 0.3) is 0 Å². The molecule has 0 aromatic rings. The molecule has 2 N–H and O–H groups in total. The van der Waals surface area contributed by atoms with Gasteiger partial charge in [0.1, 0.15) is 0 Å². The van der Waals surface area contributed by atoms with Crippen molar-refractivity contribution in [3.63, 3.8) is 0 Å². The molecule has 0 bridgehead atoms. The van der Waals surface area contributed by atoms with Crippen LogP contribution in [0.4, 0.5) is 0 Å². The fourth-order valence-electron chi connectivity index (χ4n) is 4.34. The monoisotopic (exact) mass is 296 g/mol. The average molecular weight is 296 g/mol. The third kappa shape index (κ3) is 4.43. The Balaban J connectivity index is 1.88. The van der Waals surface area contributed by atoms with E-state index in [1.807, 2.05) is 0 Å². The van der Waals surface area contributed by atoms with Gasteiger partial charge in [-0.2, -0.15) is 0 Å². The zero-order chi connectivity index (χ0) is 15.3. The molecular weight excluding hydrogens is 260 g/mol. The fourth-order valence-corrected chi connectivity index (χ4v) is 4.34. The summed E-state index contributed by atoms with van der Waals surface area (Å²) < 4.78 is 0. The van der Waals surface area contributed by atoms with Gasteiger partial charge in [0.15, 0.2) is 0 Å². The number of rotatable bonds is 6. The Hall–Kier alpha value is -0.120. The van der Waals surface area contributed by atoms with Gasteiger partial charge < -0.3 is 15.3 Å². The van der Waals surface area contributed by atoms with Crippen molar-refractivity contribution in [2.24, 2.45) is 11.8 Å². The molecule has 0 radical (unpaired) electrons. The van der Waals surface area contributed by atoms with E-state index in [9.17, 15) is 5.11 Å². The molecule has 3 atom stereocenters. The highest BCUT2D eigenvalue weighted by atomic mass is 16.3. The number of aliphatic hydroxyl groups excluding tert-OH is 1. The van der Waals surface area contributed by atoms with Gasteiger partial charge in [-0.25, -0.2) is 0 Å². The molecule has 1 aliphatic carbocycles. The van der Waals surface area contributed by atoms with Crippen LogP contribution in [0.25, 0.3) is 0 Å². The van der Waals surface area contributed by atoms with Crippen molar-refractivity contribution in [3.8, 4) is 0 Å². The lowest BCUT2D eigenvalue weighted by atomic mass is 9.89. The quantitative estimate of drug-likeness (QED) is 0.791. The average Bonchev–Trinajstić information content (AvgIpc) is 2.74. The van der Waals surface area contributed by atoms with E-state index in [-0.39, 0.29) is 5.54 Å². The molecule has 2 aliphatic rings. The molecule has 2 rings (SSSR count). The largest absolute Gasteiger partial charge is 0.394 e. The third-order valence-corrected chi connectivity index (χ3v) is 5.90. The maximum absolute atomic E-state index is 9.85. The zero-order valence-corrected chi connectivity index (χ0v) is 14.4. The first kappa shape index (κ1) is 17.2. The lowest BCUT2D eigenvalue weighted by Crippen LogP contribution is -2.48. The van der Waals surface area contributed by atoms with Crippen molar-refractivity contribution >= 4 is 0 Å². The van der Waals surface area contributed by atoms with Gasteiger partial charge in [-0.15, -0.1) is 0 Å². The van der Waals surface area contributed by atoms with Gasteiger partial charge in [0.05, 0.1) is 6.61 Å². The molecular formula is C18H36N2O. The van der Waals surface area contributed by atoms with Crippen molar-refractivity contribution in [2.75, 3.05) is 26.2 Å². The molecule has 1 saturated carbocycles. The summed E-state index contributed by atoms with van der Waals surface area (Å²) in [6, 6.07) is 0.687. The highest BCUT2D eigenvalue weighted by Crippen LogP contribution is 2.35. The Labute approximate surface area is 131 Å². The van der Waals surface area contributed by atoms with Crippen molar-refractivity contribution in [1.29, 1.82) is 0 Å². The molecule has 3 nitrogen and oxygen atoms in total. The Morgan fingerprint density at radius 3 is 2.71 bits per heavy atom. The van der Waals surface area contributed by atoms with Crippen LogP contribution in [0.15, 0.2) is 0 Å². The number of hydrogen-bond donors (Lipinski definition) is 2. The number of nitrogens with zero attached hydrogens (tertiary/aromatic N) is 1. The Kier molecular flexibility index (Phi) is 6.51. The lowest BCUT2D eigenvalue weighted by Gasteiger charge is -2.32. The fraction of sp³-hybridized carbons (Fsp3) is 1.00. The van der Waals surface area contributed by atoms with Gasteiger partial charge in [-0.3, -0.25) is 0 Å². The molecule has 0 aromatic carbocycles. The number of aliphatic hydroxyl groups is 1. The highest BCUT2D eigenvalue weighted by Gasteiger charge is 2.40. The van der Waals surface area contributed by atoms with E-state index in [0.29, 0.717) is 12.6 Å². The lowest BCUT2D eigenvalue weighted by molar-refractivity contribution is 0.143. The molecule has 3 heteroatoms. The SMILES string of the molecule is CCCNC1(CO)CCC(N2CCCC(C(C)C)CC2)C1. The number of hydrogen-bond acceptors (Lipinski definition) is 3. The van der Waals surface area contributed by atoms with Crippen LogP contribution >= 0.6 is 0 Å². The molecule has 124 valence electrons. The van der Waals surface area contributed by atoms with E-state index in [1.54, 1.807) is 0 Å². The summed E-state index contributed by atoms with van der Waals surface area (Å²) in [7, 11) is 0. The second-order valence-corrected chi connectivity index (χ2v) is 7.73. The maximum Gasteiger partial charge on any atom is 0.0613 e. The maximum atomic E-state index is 9.85. The molecule has 3 unspecified atom stereocenters. The van der Waals surface area contributed by atoms with Crippen molar-refractivity contribution in [3.05, 3.63) is 0 Å².